The number of benzene rings is 2. The van der Waals surface area contributed by atoms with E-state index in [2.05, 4.69) is 10.0 Å². The van der Waals surface area contributed by atoms with Gasteiger partial charge in [-0.1, -0.05) is 36.8 Å². The third-order valence-electron chi connectivity index (χ3n) is 3.92. The van der Waals surface area contributed by atoms with E-state index >= 15 is 0 Å². The summed E-state index contributed by atoms with van der Waals surface area (Å²) < 4.78 is 38.9. The van der Waals surface area contributed by atoms with Crippen LogP contribution in [0.15, 0.2) is 59.5 Å². The normalized spacial score (nSPS) is 11.7. The second kappa shape index (κ2) is 11.0. The molecule has 0 aromatic heterocycles. The predicted molar refractivity (Wildman–Crippen MR) is 116 cm³/mol. The zero-order valence-electron chi connectivity index (χ0n) is 17.7. The van der Waals surface area contributed by atoms with E-state index in [1.54, 1.807) is 30.3 Å². The molecule has 1 amide bonds. The van der Waals surface area contributed by atoms with Crippen LogP contribution in [0.3, 0.4) is 0 Å². The minimum atomic E-state index is -3.70. The van der Waals surface area contributed by atoms with E-state index in [4.69, 9.17) is 9.47 Å². The van der Waals surface area contributed by atoms with Gasteiger partial charge in [0, 0.05) is 13.1 Å². The molecular formula is C22H30N2O5S. The average Bonchev–Trinajstić information content (AvgIpc) is 2.67. The van der Waals surface area contributed by atoms with Crippen LogP contribution in [0.4, 0.5) is 4.79 Å². The molecule has 8 heteroatoms. The second-order valence-corrected chi connectivity index (χ2v) is 9.48. The lowest BCUT2D eigenvalue weighted by molar-refractivity contribution is 0.0527. The van der Waals surface area contributed by atoms with Crippen molar-refractivity contribution < 1.29 is 22.7 Å². The number of para-hydroxylation sites is 2. The Labute approximate surface area is 178 Å². The van der Waals surface area contributed by atoms with Gasteiger partial charge in [-0.25, -0.2) is 17.9 Å². The Morgan fingerprint density at radius 2 is 1.53 bits per heavy atom. The summed E-state index contributed by atoms with van der Waals surface area (Å²) in [5.74, 6) is 0.843. The first-order chi connectivity index (χ1) is 14.2. The topological polar surface area (TPSA) is 93.7 Å². The molecule has 2 rings (SSSR count). The van der Waals surface area contributed by atoms with Crippen molar-refractivity contribution >= 4 is 16.1 Å². The summed E-state index contributed by atoms with van der Waals surface area (Å²) in [5, 5.41) is 2.69. The Hall–Kier alpha value is -2.58. The van der Waals surface area contributed by atoms with Gasteiger partial charge in [0.05, 0.1) is 0 Å². The van der Waals surface area contributed by atoms with Crippen molar-refractivity contribution in [2.24, 2.45) is 0 Å². The number of rotatable bonds is 10. The first-order valence-corrected chi connectivity index (χ1v) is 11.4. The van der Waals surface area contributed by atoms with Crippen LogP contribution in [0.2, 0.25) is 0 Å². The molecule has 0 bridgehead atoms. The first-order valence-electron chi connectivity index (χ1n) is 9.96. The van der Waals surface area contributed by atoms with Gasteiger partial charge in [0.15, 0.2) is 0 Å². The number of ether oxygens (including phenoxy) is 2. The fraction of sp³-hybridized carbons (Fsp3) is 0.409. The van der Waals surface area contributed by atoms with Gasteiger partial charge < -0.3 is 14.8 Å². The summed E-state index contributed by atoms with van der Waals surface area (Å²) in [4.78, 5) is 11.7. The lowest BCUT2D eigenvalue weighted by Gasteiger charge is -2.19. The smallest absolute Gasteiger partial charge is 0.407 e. The molecule has 2 aromatic carbocycles. The van der Waals surface area contributed by atoms with Crippen LogP contribution >= 0.6 is 0 Å². The number of hydrogen-bond donors (Lipinski definition) is 2. The lowest BCUT2D eigenvalue weighted by atomic mass is 10.2. The van der Waals surface area contributed by atoms with Crippen LogP contribution < -0.4 is 14.8 Å². The predicted octanol–water partition coefficient (Wildman–Crippen LogP) is 4.45. The van der Waals surface area contributed by atoms with E-state index in [0.29, 0.717) is 25.3 Å². The van der Waals surface area contributed by atoms with Gasteiger partial charge >= 0.3 is 6.09 Å². The average molecular weight is 435 g/mol. The van der Waals surface area contributed by atoms with Crippen molar-refractivity contribution in [1.82, 2.24) is 10.0 Å². The monoisotopic (exact) mass is 434 g/mol. The highest BCUT2D eigenvalue weighted by Gasteiger charge is 2.19. The Bertz CT molecular complexity index is 909. The molecule has 0 radical (unpaired) electrons. The molecule has 0 fully saturated rings. The molecule has 0 saturated carbocycles. The molecule has 0 unspecified atom stereocenters. The maximum Gasteiger partial charge on any atom is 0.407 e. The quantitative estimate of drug-likeness (QED) is 0.539. The SMILES string of the molecule is CC(C)(C)OC(=O)NCCCCCNS(=O)(=O)c1ccccc1Oc1ccccc1. The van der Waals surface area contributed by atoms with Crippen LogP contribution in [0.5, 0.6) is 11.5 Å². The van der Waals surface area contributed by atoms with Crippen LogP contribution in [0.1, 0.15) is 40.0 Å². The van der Waals surface area contributed by atoms with Crippen molar-refractivity contribution in [2.45, 2.75) is 50.5 Å². The Morgan fingerprint density at radius 1 is 0.900 bits per heavy atom. The number of carbonyl (C=O) groups excluding carboxylic acids is 1. The van der Waals surface area contributed by atoms with Gasteiger partial charge in [-0.2, -0.15) is 0 Å². The Kier molecular flexibility index (Phi) is 8.68. The van der Waals surface area contributed by atoms with Gasteiger partial charge in [0.1, 0.15) is 22.0 Å². The van der Waals surface area contributed by atoms with E-state index in [0.717, 1.165) is 12.8 Å². The van der Waals surface area contributed by atoms with Gasteiger partial charge in [-0.05, 0) is 57.9 Å². The zero-order chi connectivity index (χ0) is 22.0. The number of nitrogens with one attached hydrogen (secondary N) is 2. The molecule has 2 aromatic rings. The van der Waals surface area contributed by atoms with E-state index in [1.807, 2.05) is 39.0 Å². The fourth-order valence-electron chi connectivity index (χ4n) is 2.59. The standard InChI is InChI=1S/C22H30N2O5S/c1-22(2,3)29-21(25)23-16-10-5-11-17-24-30(26,27)20-15-9-8-14-19(20)28-18-12-6-4-7-13-18/h4,6-9,12-15,24H,5,10-11,16-17H2,1-3H3,(H,23,25). The minimum absolute atomic E-state index is 0.0976. The summed E-state index contributed by atoms with van der Waals surface area (Å²) in [6, 6.07) is 15.6. The molecular weight excluding hydrogens is 404 g/mol. The molecule has 0 atom stereocenters. The molecule has 0 saturated heterocycles. The first kappa shape index (κ1) is 23.7. The van der Waals surface area contributed by atoms with Crippen molar-refractivity contribution in [3.63, 3.8) is 0 Å². The number of unbranched alkanes of at least 4 members (excludes halogenated alkanes) is 2. The Morgan fingerprint density at radius 3 is 2.23 bits per heavy atom. The number of alkyl carbamates (subject to hydrolysis) is 1. The van der Waals surface area contributed by atoms with Gasteiger partial charge in [-0.3, -0.25) is 0 Å². The van der Waals surface area contributed by atoms with E-state index in [-0.39, 0.29) is 10.6 Å². The third kappa shape index (κ3) is 8.42. The minimum Gasteiger partial charge on any atom is -0.456 e. The highest BCUT2D eigenvalue weighted by atomic mass is 32.2. The van der Waals surface area contributed by atoms with E-state index in [9.17, 15) is 13.2 Å². The molecule has 0 spiro atoms. The number of carbonyl (C=O) groups is 1. The molecule has 0 aliphatic heterocycles. The molecule has 30 heavy (non-hydrogen) atoms. The van der Waals surface area contributed by atoms with Crippen LogP contribution in [0.25, 0.3) is 0 Å². The van der Waals surface area contributed by atoms with Crippen LogP contribution in [-0.2, 0) is 14.8 Å². The fourth-order valence-corrected chi connectivity index (χ4v) is 3.79. The molecule has 2 N–H and O–H groups in total. The highest BCUT2D eigenvalue weighted by molar-refractivity contribution is 7.89. The summed E-state index contributed by atoms with van der Waals surface area (Å²) in [6.07, 6.45) is 1.70. The zero-order valence-corrected chi connectivity index (χ0v) is 18.5. The van der Waals surface area contributed by atoms with Crippen LogP contribution in [0, 0.1) is 0 Å². The highest BCUT2D eigenvalue weighted by Crippen LogP contribution is 2.28. The van der Waals surface area contributed by atoms with Crippen LogP contribution in [-0.4, -0.2) is 33.2 Å². The number of sulfonamides is 1. The summed E-state index contributed by atoms with van der Waals surface area (Å²) in [7, 11) is -3.70. The van der Waals surface area contributed by atoms with E-state index in [1.165, 1.54) is 6.07 Å². The molecule has 0 heterocycles. The third-order valence-corrected chi connectivity index (χ3v) is 5.42. The molecule has 7 nitrogen and oxygen atoms in total. The summed E-state index contributed by atoms with van der Waals surface area (Å²) in [6.45, 7) is 6.20. The largest absolute Gasteiger partial charge is 0.456 e. The van der Waals surface area contributed by atoms with E-state index < -0.39 is 21.7 Å². The van der Waals surface area contributed by atoms with Gasteiger partial charge in [0.2, 0.25) is 10.0 Å². The lowest BCUT2D eigenvalue weighted by Crippen LogP contribution is -2.33. The van der Waals surface area contributed by atoms with Crippen molar-refractivity contribution in [2.75, 3.05) is 13.1 Å². The molecule has 164 valence electrons. The van der Waals surface area contributed by atoms with Gasteiger partial charge in [0.25, 0.3) is 0 Å². The number of amides is 1. The maximum absolute atomic E-state index is 12.7. The molecule has 0 aliphatic carbocycles. The second-order valence-electron chi connectivity index (χ2n) is 7.75. The van der Waals surface area contributed by atoms with Crippen molar-refractivity contribution in [3.8, 4) is 11.5 Å². The number of hydrogen-bond acceptors (Lipinski definition) is 5. The maximum atomic E-state index is 12.7. The summed E-state index contributed by atoms with van der Waals surface area (Å²) >= 11 is 0. The van der Waals surface area contributed by atoms with Gasteiger partial charge in [-0.15, -0.1) is 0 Å². The molecule has 0 aliphatic rings. The van der Waals surface area contributed by atoms with Crippen molar-refractivity contribution in [3.05, 3.63) is 54.6 Å². The Balaban J connectivity index is 1.78. The van der Waals surface area contributed by atoms with Crippen molar-refractivity contribution in [1.29, 1.82) is 0 Å². The summed E-state index contributed by atoms with van der Waals surface area (Å²) in [5.41, 5.74) is -0.525.